The van der Waals surface area contributed by atoms with E-state index in [9.17, 15) is 13.6 Å². The number of aromatic nitrogens is 2. The van der Waals surface area contributed by atoms with Crippen LogP contribution in [0.5, 0.6) is 0 Å². The first-order valence-corrected chi connectivity index (χ1v) is 6.66. The van der Waals surface area contributed by atoms with Crippen LogP contribution in [0.4, 0.5) is 8.78 Å². The molecule has 0 aliphatic heterocycles. The Hall–Kier alpha value is -1.50. The van der Waals surface area contributed by atoms with Crippen molar-refractivity contribution >= 4 is 5.91 Å². The van der Waals surface area contributed by atoms with Crippen LogP contribution in [0.2, 0.25) is 0 Å². The maximum absolute atomic E-state index is 13.0. The van der Waals surface area contributed by atoms with Gasteiger partial charge < -0.3 is 10.0 Å². The molecule has 1 aromatic rings. The number of hydrogen-bond acceptors (Lipinski definition) is 3. The molecule has 20 heavy (non-hydrogen) atoms. The van der Waals surface area contributed by atoms with Gasteiger partial charge in [-0.25, -0.2) is 8.78 Å². The average molecular weight is 289 g/mol. The quantitative estimate of drug-likeness (QED) is 0.834. The van der Waals surface area contributed by atoms with E-state index in [-0.39, 0.29) is 30.3 Å². The van der Waals surface area contributed by atoms with Crippen LogP contribution in [0.3, 0.4) is 0 Å². The van der Waals surface area contributed by atoms with Crippen LogP contribution >= 0.6 is 0 Å². The highest BCUT2D eigenvalue weighted by molar-refractivity contribution is 5.93. The van der Waals surface area contributed by atoms with Gasteiger partial charge in [0.15, 0.2) is 5.69 Å². The summed E-state index contributed by atoms with van der Waals surface area (Å²) >= 11 is 0. The van der Waals surface area contributed by atoms with Gasteiger partial charge >= 0.3 is 0 Å². The van der Waals surface area contributed by atoms with Crippen molar-refractivity contribution in [1.29, 1.82) is 0 Å². The molecule has 1 heterocycles. The van der Waals surface area contributed by atoms with Crippen LogP contribution in [-0.4, -0.2) is 45.4 Å². The van der Waals surface area contributed by atoms with Gasteiger partial charge in [-0.3, -0.25) is 9.48 Å². The number of halogens is 2. The summed E-state index contributed by atoms with van der Waals surface area (Å²) in [5, 5.41) is 12.9. The molecule has 0 aliphatic carbocycles. The van der Waals surface area contributed by atoms with Gasteiger partial charge in [0, 0.05) is 25.8 Å². The molecule has 0 radical (unpaired) electrons. The van der Waals surface area contributed by atoms with E-state index < -0.39 is 12.3 Å². The standard InChI is InChI=1S/C13H21F2N3O2/c1-4-17(5-6-19)13(20)11-10(12(14)15)8-18(16-11)7-9(2)3/h8-9,12,19H,4-7H2,1-3H3. The Morgan fingerprint density at radius 3 is 2.60 bits per heavy atom. The van der Waals surface area contributed by atoms with E-state index in [1.54, 1.807) is 6.92 Å². The number of rotatable bonds is 7. The highest BCUT2D eigenvalue weighted by atomic mass is 19.3. The van der Waals surface area contributed by atoms with Crippen molar-refractivity contribution in [3.05, 3.63) is 17.5 Å². The van der Waals surface area contributed by atoms with Crippen molar-refractivity contribution in [2.75, 3.05) is 19.7 Å². The molecule has 0 fully saturated rings. The first-order valence-electron chi connectivity index (χ1n) is 6.66. The Kier molecular flexibility index (Phi) is 6.06. The van der Waals surface area contributed by atoms with Crippen LogP contribution in [0.15, 0.2) is 6.20 Å². The third kappa shape index (κ3) is 4.00. The summed E-state index contributed by atoms with van der Waals surface area (Å²) in [4.78, 5) is 13.5. The van der Waals surface area contributed by atoms with Crippen molar-refractivity contribution in [3.63, 3.8) is 0 Å². The molecule has 0 aromatic carbocycles. The molecule has 114 valence electrons. The van der Waals surface area contributed by atoms with Gasteiger partial charge in [0.05, 0.1) is 12.2 Å². The molecule has 1 amide bonds. The SMILES string of the molecule is CCN(CCO)C(=O)c1nn(CC(C)C)cc1C(F)F. The van der Waals surface area contributed by atoms with Gasteiger partial charge in [-0.05, 0) is 12.8 Å². The zero-order valence-electron chi connectivity index (χ0n) is 12.0. The van der Waals surface area contributed by atoms with Crippen molar-refractivity contribution < 1.29 is 18.7 Å². The number of alkyl halides is 2. The fraction of sp³-hybridized carbons (Fsp3) is 0.692. The monoisotopic (exact) mass is 289 g/mol. The van der Waals surface area contributed by atoms with Crippen molar-refractivity contribution in [2.24, 2.45) is 5.92 Å². The number of hydrogen-bond donors (Lipinski definition) is 1. The maximum Gasteiger partial charge on any atom is 0.274 e. The summed E-state index contributed by atoms with van der Waals surface area (Å²) in [5.74, 6) is -0.331. The smallest absolute Gasteiger partial charge is 0.274 e. The number of aliphatic hydroxyl groups is 1. The van der Waals surface area contributed by atoms with Crippen LogP contribution < -0.4 is 0 Å². The first-order chi connectivity index (χ1) is 9.40. The Labute approximate surface area is 117 Å². The fourth-order valence-corrected chi connectivity index (χ4v) is 1.90. The van der Waals surface area contributed by atoms with Gasteiger partial charge in [-0.1, -0.05) is 13.8 Å². The predicted octanol–water partition coefficient (Wildman–Crippen LogP) is 1.93. The lowest BCUT2D eigenvalue weighted by Crippen LogP contribution is -2.34. The molecule has 0 aliphatic rings. The number of carbonyl (C=O) groups excluding carboxylic acids is 1. The van der Waals surface area contributed by atoms with E-state index >= 15 is 0 Å². The van der Waals surface area contributed by atoms with E-state index in [2.05, 4.69) is 5.10 Å². The van der Waals surface area contributed by atoms with Crippen LogP contribution in [0.1, 0.15) is 43.2 Å². The topological polar surface area (TPSA) is 58.4 Å². The molecule has 0 unspecified atom stereocenters. The minimum absolute atomic E-state index is 0.106. The van der Waals surface area contributed by atoms with E-state index in [0.29, 0.717) is 13.1 Å². The minimum Gasteiger partial charge on any atom is -0.395 e. The highest BCUT2D eigenvalue weighted by Crippen LogP contribution is 2.23. The van der Waals surface area contributed by atoms with Gasteiger partial charge in [-0.15, -0.1) is 0 Å². The Morgan fingerprint density at radius 2 is 2.15 bits per heavy atom. The summed E-state index contributed by atoms with van der Waals surface area (Å²) in [6.45, 7) is 6.30. The van der Waals surface area contributed by atoms with Crippen molar-refractivity contribution in [1.82, 2.24) is 14.7 Å². The molecular formula is C13H21F2N3O2. The fourth-order valence-electron chi connectivity index (χ4n) is 1.90. The number of likely N-dealkylation sites (N-methyl/N-ethyl adjacent to an activating group) is 1. The zero-order chi connectivity index (χ0) is 15.3. The Balaban J connectivity index is 3.07. The van der Waals surface area contributed by atoms with Gasteiger partial charge in [0.1, 0.15) is 0 Å². The zero-order valence-corrected chi connectivity index (χ0v) is 12.0. The van der Waals surface area contributed by atoms with E-state index in [4.69, 9.17) is 5.11 Å². The largest absolute Gasteiger partial charge is 0.395 e. The predicted molar refractivity (Wildman–Crippen MR) is 70.7 cm³/mol. The number of aliphatic hydroxyl groups excluding tert-OH is 1. The molecular weight excluding hydrogens is 268 g/mol. The summed E-state index contributed by atoms with van der Waals surface area (Å²) in [7, 11) is 0. The molecule has 0 bridgehead atoms. The van der Waals surface area contributed by atoms with Gasteiger partial charge in [-0.2, -0.15) is 5.10 Å². The van der Waals surface area contributed by atoms with Crippen molar-refractivity contribution in [2.45, 2.75) is 33.7 Å². The van der Waals surface area contributed by atoms with Crippen LogP contribution in [0, 0.1) is 5.92 Å². The second-order valence-electron chi connectivity index (χ2n) is 4.96. The third-order valence-electron chi connectivity index (χ3n) is 2.82. The van der Waals surface area contributed by atoms with Crippen LogP contribution in [-0.2, 0) is 6.54 Å². The van der Waals surface area contributed by atoms with Gasteiger partial charge in [0.2, 0.25) is 0 Å². The normalized spacial score (nSPS) is 11.4. The van der Waals surface area contributed by atoms with E-state index in [0.717, 1.165) is 0 Å². The molecule has 1 rings (SSSR count). The molecule has 0 spiro atoms. The summed E-state index contributed by atoms with van der Waals surface area (Å²) in [5.41, 5.74) is -0.581. The number of nitrogens with zero attached hydrogens (tertiary/aromatic N) is 3. The van der Waals surface area contributed by atoms with E-state index in [1.165, 1.54) is 15.8 Å². The lowest BCUT2D eigenvalue weighted by atomic mass is 10.2. The minimum atomic E-state index is -2.75. The maximum atomic E-state index is 13.0. The van der Waals surface area contributed by atoms with E-state index in [1.807, 2.05) is 13.8 Å². The summed E-state index contributed by atoms with van der Waals surface area (Å²) in [6, 6.07) is 0. The average Bonchev–Trinajstić information content (AvgIpc) is 2.78. The second-order valence-corrected chi connectivity index (χ2v) is 4.96. The first kappa shape index (κ1) is 16.6. The molecule has 5 nitrogen and oxygen atoms in total. The number of carbonyl (C=O) groups is 1. The highest BCUT2D eigenvalue weighted by Gasteiger charge is 2.26. The van der Waals surface area contributed by atoms with Crippen LogP contribution in [0.25, 0.3) is 0 Å². The molecule has 0 atom stereocenters. The van der Waals surface area contributed by atoms with Gasteiger partial charge in [0.25, 0.3) is 12.3 Å². The molecule has 1 N–H and O–H groups in total. The molecule has 7 heteroatoms. The number of amides is 1. The third-order valence-corrected chi connectivity index (χ3v) is 2.82. The lowest BCUT2D eigenvalue weighted by molar-refractivity contribution is 0.0714. The summed E-state index contributed by atoms with van der Waals surface area (Å²) in [6.07, 6.45) is -1.52. The summed E-state index contributed by atoms with van der Waals surface area (Å²) < 4.78 is 27.4. The Bertz CT molecular complexity index is 447. The second kappa shape index (κ2) is 7.33. The molecule has 0 saturated carbocycles. The van der Waals surface area contributed by atoms with Crippen molar-refractivity contribution in [3.8, 4) is 0 Å². The molecule has 1 aromatic heterocycles. The lowest BCUT2D eigenvalue weighted by Gasteiger charge is -2.18. The molecule has 0 saturated heterocycles. The Morgan fingerprint density at radius 1 is 1.50 bits per heavy atom.